The molecule has 1 aromatic rings. The first kappa shape index (κ1) is 11.4. The molecule has 0 spiro atoms. The summed E-state index contributed by atoms with van der Waals surface area (Å²) in [5.74, 6) is -0.0752. The van der Waals surface area contributed by atoms with Gasteiger partial charge in [0.05, 0.1) is 0 Å². The first-order valence-electron chi connectivity index (χ1n) is 5.74. The molecule has 1 saturated carbocycles. The minimum atomic E-state index is -0.0752. The lowest BCUT2D eigenvalue weighted by Gasteiger charge is -2.22. The molecule has 4 heteroatoms. The first-order chi connectivity index (χ1) is 7.77. The second-order valence-corrected chi connectivity index (χ2v) is 4.58. The van der Waals surface area contributed by atoms with Gasteiger partial charge in [0.2, 0.25) is 0 Å². The van der Waals surface area contributed by atoms with Crippen molar-refractivity contribution in [2.75, 3.05) is 0 Å². The molecule has 0 saturated heterocycles. The van der Waals surface area contributed by atoms with E-state index in [2.05, 4.69) is 10.3 Å². The summed E-state index contributed by atoms with van der Waals surface area (Å²) in [5.41, 5.74) is 0.523. The summed E-state index contributed by atoms with van der Waals surface area (Å²) in [6.07, 6.45) is 7.57. The summed E-state index contributed by atoms with van der Waals surface area (Å²) in [6, 6.07) is 3.83. The third-order valence-electron chi connectivity index (χ3n) is 2.99. The second kappa shape index (κ2) is 5.30. The van der Waals surface area contributed by atoms with Crippen molar-refractivity contribution < 1.29 is 9.78 Å². The fourth-order valence-electron chi connectivity index (χ4n) is 2.10. The number of aromatic amines is 1. The number of carbonyl (C=O) groups excluding carboxylic acids is 1. The fourth-order valence-corrected chi connectivity index (χ4v) is 2.31. The summed E-state index contributed by atoms with van der Waals surface area (Å²) in [4.78, 5) is 14.7. The van der Waals surface area contributed by atoms with Gasteiger partial charge in [0, 0.05) is 12.1 Å². The average molecular weight is 240 g/mol. The van der Waals surface area contributed by atoms with Crippen LogP contribution >= 0.6 is 11.6 Å². The molecule has 0 bridgehead atoms. The maximum atomic E-state index is 11.9. The number of H-pyrrole nitrogens is 1. The number of nitrogens with one attached hydrogen (secondary N) is 2. The summed E-state index contributed by atoms with van der Waals surface area (Å²) in [5, 5.41) is 3.43. The van der Waals surface area contributed by atoms with E-state index in [0.29, 0.717) is 16.8 Å². The molecule has 86 valence electrons. The lowest BCUT2D eigenvalue weighted by molar-refractivity contribution is -0.375. The maximum absolute atomic E-state index is 11.9. The van der Waals surface area contributed by atoms with Crippen LogP contribution in [0.15, 0.2) is 18.3 Å². The minimum Gasteiger partial charge on any atom is -0.349 e. The zero-order valence-corrected chi connectivity index (χ0v) is 9.89. The highest BCUT2D eigenvalue weighted by atomic mass is 35.5. The van der Waals surface area contributed by atoms with Crippen molar-refractivity contribution in [2.45, 2.75) is 38.1 Å². The van der Waals surface area contributed by atoms with E-state index in [9.17, 15) is 4.79 Å². The molecule has 1 aliphatic rings. The van der Waals surface area contributed by atoms with E-state index >= 15 is 0 Å². The lowest BCUT2D eigenvalue weighted by Crippen LogP contribution is -2.36. The molecule has 0 radical (unpaired) electrons. The third-order valence-corrected chi connectivity index (χ3v) is 3.30. The molecular weight excluding hydrogens is 224 g/mol. The second-order valence-electron chi connectivity index (χ2n) is 4.21. The Bertz CT molecular complexity index is 375. The van der Waals surface area contributed by atoms with Crippen LogP contribution in [0.1, 0.15) is 42.5 Å². The van der Waals surface area contributed by atoms with E-state index in [4.69, 9.17) is 11.6 Å². The van der Waals surface area contributed by atoms with Crippen molar-refractivity contribution in [1.29, 1.82) is 0 Å². The van der Waals surface area contributed by atoms with E-state index in [1.807, 2.05) is 0 Å². The van der Waals surface area contributed by atoms with Gasteiger partial charge >= 0.3 is 0 Å². The molecule has 2 rings (SSSR count). The lowest BCUT2D eigenvalue weighted by atomic mass is 9.95. The normalized spacial score (nSPS) is 17.1. The Morgan fingerprint density at radius 3 is 2.81 bits per heavy atom. The Morgan fingerprint density at radius 2 is 2.12 bits per heavy atom. The largest absolute Gasteiger partial charge is 0.349 e. The highest BCUT2D eigenvalue weighted by Gasteiger charge is 2.20. The van der Waals surface area contributed by atoms with Gasteiger partial charge in [-0.15, -0.1) is 0 Å². The first-order valence-corrected chi connectivity index (χ1v) is 6.12. The van der Waals surface area contributed by atoms with Gasteiger partial charge in [-0.1, -0.05) is 19.3 Å². The van der Waals surface area contributed by atoms with E-state index in [0.717, 1.165) is 12.8 Å². The monoisotopic (exact) mass is 239 g/mol. The molecule has 16 heavy (non-hydrogen) atoms. The summed E-state index contributed by atoms with van der Waals surface area (Å²) in [7, 11) is 0. The number of rotatable bonds is 2. The highest BCUT2D eigenvalue weighted by molar-refractivity contribution is 6.31. The zero-order chi connectivity index (χ0) is 11.4. The SMILES string of the molecule is O=C(NC1CCCCC1)c1ccc[nH+]c1Cl. The molecular formula is C12H16ClN2O+. The molecule has 1 aromatic heterocycles. The van der Waals surface area contributed by atoms with E-state index in [1.165, 1.54) is 19.3 Å². The van der Waals surface area contributed by atoms with Crippen LogP contribution in [0, 0.1) is 0 Å². The number of carbonyl (C=O) groups is 1. The minimum absolute atomic E-state index is 0.0752. The smallest absolute Gasteiger partial charge is 0.286 e. The molecule has 0 aliphatic heterocycles. The van der Waals surface area contributed by atoms with Gasteiger partial charge in [0.25, 0.3) is 11.1 Å². The maximum Gasteiger partial charge on any atom is 0.286 e. The Hall–Kier alpha value is -1.09. The average Bonchev–Trinajstić information content (AvgIpc) is 2.31. The Labute approximate surface area is 100 Å². The van der Waals surface area contributed by atoms with Crippen LogP contribution in [0.4, 0.5) is 0 Å². The predicted molar refractivity (Wildman–Crippen MR) is 62.3 cm³/mol. The number of halogens is 1. The molecule has 1 heterocycles. The van der Waals surface area contributed by atoms with Crippen LogP contribution in [0.5, 0.6) is 0 Å². The van der Waals surface area contributed by atoms with Crippen molar-refractivity contribution in [2.24, 2.45) is 0 Å². The fraction of sp³-hybridized carbons (Fsp3) is 0.500. The number of hydrogen-bond acceptors (Lipinski definition) is 1. The van der Waals surface area contributed by atoms with Crippen LogP contribution in [0.3, 0.4) is 0 Å². The van der Waals surface area contributed by atoms with Gasteiger partial charge in [0.15, 0.2) is 6.20 Å². The van der Waals surface area contributed by atoms with Gasteiger partial charge < -0.3 is 5.32 Å². The molecule has 1 fully saturated rings. The quantitative estimate of drug-likeness (QED) is 0.791. The number of hydrogen-bond donors (Lipinski definition) is 1. The van der Waals surface area contributed by atoms with E-state index in [-0.39, 0.29) is 5.91 Å². The van der Waals surface area contributed by atoms with Crippen molar-refractivity contribution in [3.8, 4) is 0 Å². The summed E-state index contributed by atoms with van der Waals surface area (Å²) < 4.78 is 0. The van der Waals surface area contributed by atoms with Gasteiger partial charge in [-0.3, -0.25) is 4.79 Å². The number of aromatic nitrogens is 1. The Balaban J connectivity index is 2.00. The molecule has 0 atom stereocenters. The van der Waals surface area contributed by atoms with Crippen LogP contribution in [-0.4, -0.2) is 11.9 Å². The molecule has 3 nitrogen and oxygen atoms in total. The van der Waals surface area contributed by atoms with Gasteiger partial charge in [0.1, 0.15) is 5.56 Å². The topological polar surface area (TPSA) is 43.2 Å². The van der Waals surface area contributed by atoms with Crippen molar-refractivity contribution in [3.05, 3.63) is 29.0 Å². The molecule has 0 unspecified atom stereocenters. The zero-order valence-electron chi connectivity index (χ0n) is 9.13. The highest BCUT2D eigenvalue weighted by Crippen LogP contribution is 2.18. The standard InChI is InChI=1S/C12H15ClN2O/c13-11-10(7-4-8-14-11)12(16)15-9-5-2-1-3-6-9/h4,7-9H,1-3,5-6H2,(H,15,16)/p+1. The predicted octanol–water partition coefficient (Wildman–Crippen LogP) is 2.22. The van der Waals surface area contributed by atoms with Crippen molar-refractivity contribution in [1.82, 2.24) is 5.32 Å². The van der Waals surface area contributed by atoms with E-state index in [1.54, 1.807) is 18.3 Å². The number of amides is 1. The van der Waals surface area contributed by atoms with Gasteiger partial charge in [-0.2, -0.15) is 0 Å². The molecule has 1 amide bonds. The molecule has 1 aliphatic carbocycles. The number of pyridine rings is 1. The van der Waals surface area contributed by atoms with E-state index < -0.39 is 0 Å². The van der Waals surface area contributed by atoms with Crippen LogP contribution in [-0.2, 0) is 0 Å². The van der Waals surface area contributed by atoms with Crippen LogP contribution in [0.25, 0.3) is 0 Å². The Morgan fingerprint density at radius 1 is 1.38 bits per heavy atom. The third kappa shape index (κ3) is 2.73. The summed E-state index contributed by atoms with van der Waals surface area (Å²) >= 11 is 5.92. The van der Waals surface area contributed by atoms with Gasteiger partial charge in [-0.05, 0) is 30.5 Å². The summed E-state index contributed by atoms with van der Waals surface area (Å²) in [6.45, 7) is 0. The van der Waals surface area contributed by atoms with Gasteiger partial charge in [-0.25, -0.2) is 4.98 Å². The van der Waals surface area contributed by atoms with Crippen molar-refractivity contribution in [3.63, 3.8) is 0 Å². The van der Waals surface area contributed by atoms with Crippen molar-refractivity contribution >= 4 is 17.5 Å². The molecule has 0 aromatic carbocycles. The van der Waals surface area contributed by atoms with Crippen LogP contribution < -0.4 is 10.3 Å². The molecule has 2 N–H and O–H groups in total. The van der Waals surface area contributed by atoms with Crippen LogP contribution in [0.2, 0.25) is 5.15 Å². The Kier molecular flexibility index (Phi) is 3.78.